The summed E-state index contributed by atoms with van der Waals surface area (Å²) in [7, 11) is 0. The first-order valence-electron chi connectivity index (χ1n) is 4.39. The van der Waals surface area contributed by atoms with Gasteiger partial charge in [0.1, 0.15) is 18.0 Å². The topological polar surface area (TPSA) is 60.5 Å². The Bertz CT molecular complexity index is 368. The van der Waals surface area contributed by atoms with E-state index < -0.39 is 0 Å². The van der Waals surface area contributed by atoms with E-state index in [9.17, 15) is 0 Å². The number of hydrogen-bond donors (Lipinski definition) is 1. The molecule has 0 saturated heterocycles. The van der Waals surface area contributed by atoms with Crippen molar-refractivity contribution in [2.45, 2.75) is 6.92 Å². The molecule has 0 spiro atoms. The van der Waals surface area contributed by atoms with Crippen molar-refractivity contribution in [3.05, 3.63) is 28.0 Å². The minimum absolute atomic E-state index is 0.203. The first kappa shape index (κ1) is 12.2. The third-order valence-electron chi connectivity index (χ3n) is 1.58. The van der Waals surface area contributed by atoms with Crippen molar-refractivity contribution in [2.75, 3.05) is 13.2 Å². The molecule has 0 aromatic carbocycles. The Kier molecular flexibility index (Phi) is 4.81. The molecule has 1 rings (SSSR count). The molecule has 1 aromatic heterocycles. The van der Waals surface area contributed by atoms with E-state index >= 15 is 0 Å². The van der Waals surface area contributed by atoms with Gasteiger partial charge in [-0.3, -0.25) is 4.98 Å². The Balaban J connectivity index is 3.02. The first-order chi connectivity index (χ1) is 7.19. The molecule has 0 atom stereocenters. The molecule has 0 bridgehead atoms. The molecule has 0 amide bonds. The van der Waals surface area contributed by atoms with E-state index in [2.05, 4.69) is 10.1 Å². The van der Waals surface area contributed by atoms with E-state index in [1.54, 1.807) is 6.07 Å². The summed E-state index contributed by atoms with van der Waals surface area (Å²) in [6.07, 6.45) is 1.49. The molecule has 0 aliphatic heterocycles. The Labute approximate surface area is 98.0 Å². The van der Waals surface area contributed by atoms with E-state index in [4.69, 9.17) is 33.8 Å². The Morgan fingerprint density at radius 1 is 1.60 bits per heavy atom. The summed E-state index contributed by atoms with van der Waals surface area (Å²) in [4.78, 5) is 8.95. The van der Waals surface area contributed by atoms with Gasteiger partial charge < -0.3 is 10.6 Å². The molecule has 0 aliphatic carbocycles. The number of hydrogen-bond acceptors (Lipinski definition) is 4. The predicted molar refractivity (Wildman–Crippen MR) is 61.5 cm³/mol. The summed E-state index contributed by atoms with van der Waals surface area (Å²) in [6, 6.07) is 1.59. The minimum Gasteiger partial charge on any atom is -0.396 e. The quantitative estimate of drug-likeness (QED) is 0.655. The van der Waals surface area contributed by atoms with Crippen LogP contribution in [0.2, 0.25) is 10.0 Å². The monoisotopic (exact) mass is 247 g/mol. The minimum atomic E-state index is 0.203. The maximum Gasteiger partial charge on any atom is 0.120 e. The van der Waals surface area contributed by atoms with Crippen LogP contribution in [0.1, 0.15) is 12.6 Å². The fourth-order valence-electron chi connectivity index (χ4n) is 0.947. The van der Waals surface area contributed by atoms with Gasteiger partial charge in [0.2, 0.25) is 0 Å². The Hall–Kier alpha value is -0.840. The number of nitrogens with two attached hydrogens (primary N) is 1. The number of halogens is 2. The molecule has 1 heterocycles. The van der Waals surface area contributed by atoms with Crippen molar-refractivity contribution in [1.82, 2.24) is 4.98 Å². The molecule has 15 heavy (non-hydrogen) atoms. The second-order valence-corrected chi connectivity index (χ2v) is 3.49. The lowest BCUT2D eigenvalue weighted by molar-refractivity contribution is 0.158. The van der Waals surface area contributed by atoms with Crippen LogP contribution in [0.5, 0.6) is 0 Å². The van der Waals surface area contributed by atoms with Gasteiger partial charge in [-0.05, 0) is 13.0 Å². The predicted octanol–water partition coefficient (Wildman–Crippen LogP) is 2.09. The lowest BCUT2D eigenvalue weighted by atomic mass is 10.2. The fourth-order valence-corrected chi connectivity index (χ4v) is 1.44. The molecule has 0 aliphatic rings. The van der Waals surface area contributed by atoms with Crippen molar-refractivity contribution in [2.24, 2.45) is 10.9 Å². The third-order valence-corrected chi connectivity index (χ3v) is 2.07. The normalized spacial score (nSPS) is 11.6. The zero-order valence-electron chi connectivity index (χ0n) is 8.20. The second-order valence-electron chi connectivity index (χ2n) is 2.64. The van der Waals surface area contributed by atoms with Crippen LogP contribution in [0.25, 0.3) is 0 Å². The Morgan fingerprint density at radius 3 is 2.87 bits per heavy atom. The smallest absolute Gasteiger partial charge is 0.120 e. The van der Waals surface area contributed by atoms with Crippen molar-refractivity contribution in [1.29, 1.82) is 0 Å². The second kappa shape index (κ2) is 5.90. The van der Waals surface area contributed by atoms with E-state index in [-0.39, 0.29) is 6.54 Å². The summed E-state index contributed by atoms with van der Waals surface area (Å²) in [5.74, 6) is 0. The maximum absolute atomic E-state index is 5.94. The van der Waals surface area contributed by atoms with Gasteiger partial charge in [-0.2, -0.15) is 0 Å². The van der Waals surface area contributed by atoms with Crippen molar-refractivity contribution < 1.29 is 4.84 Å². The van der Waals surface area contributed by atoms with Gasteiger partial charge in [-0.1, -0.05) is 28.4 Å². The van der Waals surface area contributed by atoms with Crippen LogP contribution < -0.4 is 5.73 Å². The number of rotatable bonds is 4. The molecule has 0 fully saturated rings. The average Bonchev–Trinajstić information content (AvgIpc) is 2.21. The van der Waals surface area contributed by atoms with Crippen LogP contribution in [-0.4, -0.2) is 23.8 Å². The van der Waals surface area contributed by atoms with E-state index in [0.717, 1.165) is 0 Å². The van der Waals surface area contributed by atoms with Gasteiger partial charge in [-0.25, -0.2) is 0 Å². The van der Waals surface area contributed by atoms with Gasteiger partial charge in [0, 0.05) is 12.7 Å². The molecule has 0 radical (unpaired) electrons. The fraction of sp³-hybridized carbons (Fsp3) is 0.333. The third kappa shape index (κ3) is 3.34. The molecule has 0 unspecified atom stereocenters. The summed E-state index contributed by atoms with van der Waals surface area (Å²) < 4.78 is 0. The van der Waals surface area contributed by atoms with E-state index in [1.807, 2.05) is 6.92 Å². The van der Waals surface area contributed by atoms with Gasteiger partial charge in [0.05, 0.1) is 10.0 Å². The SMILES string of the molecule is CCO/N=C(\CN)c1ncc(Cl)cc1Cl. The Morgan fingerprint density at radius 2 is 2.33 bits per heavy atom. The van der Waals surface area contributed by atoms with Crippen LogP contribution in [0, 0.1) is 0 Å². The van der Waals surface area contributed by atoms with Crippen LogP contribution in [-0.2, 0) is 4.84 Å². The summed E-state index contributed by atoms with van der Waals surface area (Å²) in [5, 5.41) is 4.70. The first-order valence-corrected chi connectivity index (χ1v) is 5.15. The van der Waals surface area contributed by atoms with Gasteiger partial charge in [0.15, 0.2) is 0 Å². The van der Waals surface area contributed by atoms with Gasteiger partial charge >= 0.3 is 0 Å². The number of aromatic nitrogens is 1. The zero-order valence-corrected chi connectivity index (χ0v) is 9.72. The summed E-state index contributed by atoms with van der Waals surface area (Å²) >= 11 is 11.7. The molecule has 6 heteroatoms. The maximum atomic E-state index is 5.94. The molecule has 0 saturated carbocycles. The lowest BCUT2D eigenvalue weighted by Crippen LogP contribution is -2.17. The molecule has 2 N–H and O–H groups in total. The van der Waals surface area contributed by atoms with Crippen LogP contribution in [0.15, 0.2) is 17.4 Å². The largest absolute Gasteiger partial charge is 0.396 e. The van der Waals surface area contributed by atoms with Gasteiger partial charge in [-0.15, -0.1) is 0 Å². The highest BCUT2D eigenvalue weighted by atomic mass is 35.5. The number of oxime groups is 1. The lowest BCUT2D eigenvalue weighted by Gasteiger charge is -2.05. The van der Waals surface area contributed by atoms with Crippen molar-refractivity contribution in [3.8, 4) is 0 Å². The van der Waals surface area contributed by atoms with Crippen LogP contribution in [0.4, 0.5) is 0 Å². The standard InChI is InChI=1S/C9H11Cl2N3O/c1-2-15-14-8(4-12)9-7(11)3-6(10)5-13-9/h3,5H,2,4,12H2,1H3/b14-8+. The molecular weight excluding hydrogens is 237 g/mol. The van der Waals surface area contributed by atoms with Gasteiger partial charge in [0.25, 0.3) is 0 Å². The molecule has 82 valence electrons. The molecule has 4 nitrogen and oxygen atoms in total. The van der Waals surface area contributed by atoms with E-state index in [1.165, 1.54) is 6.20 Å². The highest BCUT2D eigenvalue weighted by Crippen LogP contribution is 2.18. The number of nitrogens with zero attached hydrogens (tertiary/aromatic N) is 2. The van der Waals surface area contributed by atoms with Crippen molar-refractivity contribution in [3.63, 3.8) is 0 Å². The molecule has 1 aromatic rings. The molecular formula is C9H11Cl2N3O. The van der Waals surface area contributed by atoms with Crippen LogP contribution >= 0.6 is 23.2 Å². The van der Waals surface area contributed by atoms with E-state index in [0.29, 0.717) is 28.1 Å². The van der Waals surface area contributed by atoms with Crippen molar-refractivity contribution >= 4 is 28.9 Å². The van der Waals surface area contributed by atoms with Crippen LogP contribution in [0.3, 0.4) is 0 Å². The highest BCUT2D eigenvalue weighted by molar-refractivity contribution is 6.36. The zero-order chi connectivity index (χ0) is 11.3. The number of pyridine rings is 1. The summed E-state index contributed by atoms with van der Waals surface area (Å²) in [5.41, 5.74) is 6.51. The highest BCUT2D eigenvalue weighted by Gasteiger charge is 2.09. The average molecular weight is 248 g/mol. The summed E-state index contributed by atoms with van der Waals surface area (Å²) in [6.45, 7) is 2.50.